The van der Waals surface area contributed by atoms with E-state index in [1.165, 1.54) is 11.3 Å². The summed E-state index contributed by atoms with van der Waals surface area (Å²) in [7, 11) is 0. The molecule has 0 saturated carbocycles. The topological polar surface area (TPSA) is 29.5 Å². The van der Waals surface area contributed by atoms with Gasteiger partial charge in [0.1, 0.15) is 11.9 Å². The lowest BCUT2D eigenvalue weighted by molar-refractivity contribution is 0.215. The molecule has 0 bridgehead atoms. The van der Waals surface area contributed by atoms with Gasteiger partial charge in [-0.15, -0.1) is 11.3 Å². The second kappa shape index (κ2) is 6.19. The van der Waals surface area contributed by atoms with Crippen LogP contribution in [0.5, 0.6) is 5.75 Å². The van der Waals surface area contributed by atoms with Gasteiger partial charge in [0.05, 0.1) is 10.4 Å². The average molecular weight is 392 g/mol. The van der Waals surface area contributed by atoms with Gasteiger partial charge < -0.3 is 9.84 Å². The third kappa shape index (κ3) is 3.15. The van der Waals surface area contributed by atoms with E-state index in [9.17, 15) is 5.11 Å². The van der Waals surface area contributed by atoms with Crippen molar-refractivity contribution in [2.45, 2.75) is 13.0 Å². The molecule has 1 aromatic heterocycles. The lowest BCUT2D eigenvalue weighted by Gasteiger charge is -2.15. The Bertz CT molecular complexity index is 540. The summed E-state index contributed by atoms with van der Waals surface area (Å²) in [5, 5.41) is 10.4. The fourth-order valence-electron chi connectivity index (χ4n) is 1.65. The summed E-state index contributed by atoms with van der Waals surface area (Å²) in [5.74, 6) is 0.720. The standard InChI is InChI=1S/C13H12Br2O2S/c1-2-17-10-4-3-8(14)7-9(10)13(16)11-5-6-12(15)18-11/h3-7,13,16H,2H2,1H3. The molecule has 1 heterocycles. The molecule has 5 heteroatoms. The molecule has 2 aromatic rings. The molecule has 0 saturated heterocycles. The van der Waals surface area contributed by atoms with E-state index in [1.807, 2.05) is 37.3 Å². The first-order valence-electron chi connectivity index (χ1n) is 5.47. The molecule has 0 spiro atoms. The summed E-state index contributed by atoms with van der Waals surface area (Å²) in [6, 6.07) is 9.52. The maximum atomic E-state index is 10.4. The van der Waals surface area contributed by atoms with Gasteiger partial charge in [-0.2, -0.15) is 0 Å². The number of hydrogen-bond donors (Lipinski definition) is 1. The van der Waals surface area contributed by atoms with Crippen molar-refractivity contribution < 1.29 is 9.84 Å². The molecule has 96 valence electrons. The summed E-state index contributed by atoms with van der Waals surface area (Å²) in [6.45, 7) is 2.51. The second-order valence-corrected chi connectivity index (χ2v) is 7.07. The van der Waals surface area contributed by atoms with Crippen LogP contribution in [-0.2, 0) is 0 Å². The van der Waals surface area contributed by atoms with Crippen molar-refractivity contribution in [1.82, 2.24) is 0 Å². The van der Waals surface area contributed by atoms with Gasteiger partial charge in [0.25, 0.3) is 0 Å². The monoisotopic (exact) mass is 390 g/mol. The Hall–Kier alpha value is -0.360. The number of benzene rings is 1. The van der Waals surface area contributed by atoms with Crippen molar-refractivity contribution in [3.8, 4) is 5.75 Å². The number of halogens is 2. The Morgan fingerprint density at radius 1 is 1.28 bits per heavy atom. The predicted octanol–water partition coefficient (Wildman–Crippen LogP) is 4.75. The summed E-state index contributed by atoms with van der Waals surface area (Å²) < 4.78 is 7.48. The second-order valence-electron chi connectivity index (χ2n) is 3.66. The van der Waals surface area contributed by atoms with Gasteiger partial charge >= 0.3 is 0 Å². The number of ether oxygens (including phenoxy) is 1. The number of aliphatic hydroxyl groups excluding tert-OH is 1. The molecule has 0 aliphatic carbocycles. The maximum Gasteiger partial charge on any atom is 0.125 e. The van der Waals surface area contributed by atoms with E-state index in [0.29, 0.717) is 6.61 Å². The molecule has 18 heavy (non-hydrogen) atoms. The molecular formula is C13H12Br2O2S. The van der Waals surface area contributed by atoms with Gasteiger partial charge in [-0.3, -0.25) is 0 Å². The van der Waals surface area contributed by atoms with Crippen molar-refractivity contribution in [2.24, 2.45) is 0 Å². The predicted molar refractivity (Wildman–Crippen MR) is 81.4 cm³/mol. The van der Waals surface area contributed by atoms with Gasteiger partial charge in [-0.25, -0.2) is 0 Å². The minimum Gasteiger partial charge on any atom is -0.493 e. The van der Waals surface area contributed by atoms with Crippen molar-refractivity contribution in [3.63, 3.8) is 0 Å². The first-order chi connectivity index (χ1) is 8.61. The molecule has 1 unspecified atom stereocenters. The van der Waals surface area contributed by atoms with E-state index in [0.717, 1.165) is 24.4 Å². The van der Waals surface area contributed by atoms with Crippen molar-refractivity contribution in [2.75, 3.05) is 6.61 Å². The SMILES string of the molecule is CCOc1ccc(Br)cc1C(O)c1ccc(Br)s1. The molecule has 0 radical (unpaired) electrons. The summed E-state index contributed by atoms with van der Waals surface area (Å²) in [6.07, 6.45) is -0.666. The highest BCUT2D eigenvalue weighted by molar-refractivity contribution is 9.11. The van der Waals surface area contributed by atoms with Crippen molar-refractivity contribution in [1.29, 1.82) is 0 Å². The van der Waals surface area contributed by atoms with Crippen molar-refractivity contribution >= 4 is 43.2 Å². The minimum absolute atomic E-state index is 0.579. The Morgan fingerprint density at radius 2 is 2.06 bits per heavy atom. The molecule has 2 nitrogen and oxygen atoms in total. The first-order valence-corrected chi connectivity index (χ1v) is 7.87. The van der Waals surface area contributed by atoms with Gasteiger partial charge in [-0.1, -0.05) is 15.9 Å². The summed E-state index contributed by atoms with van der Waals surface area (Å²) >= 11 is 8.34. The fraction of sp³-hybridized carbons (Fsp3) is 0.231. The van der Waals surface area contributed by atoms with Gasteiger partial charge in [0, 0.05) is 14.9 Å². The highest BCUT2D eigenvalue weighted by Gasteiger charge is 2.17. The smallest absolute Gasteiger partial charge is 0.125 e. The Morgan fingerprint density at radius 3 is 2.67 bits per heavy atom. The number of aliphatic hydroxyl groups is 1. The molecule has 1 aromatic carbocycles. The molecule has 2 rings (SSSR count). The number of thiophene rings is 1. The molecule has 0 amide bonds. The van der Waals surface area contributed by atoms with E-state index in [1.54, 1.807) is 0 Å². The van der Waals surface area contributed by atoms with Crippen LogP contribution in [0.3, 0.4) is 0 Å². The highest BCUT2D eigenvalue weighted by atomic mass is 79.9. The van der Waals surface area contributed by atoms with Crippen LogP contribution in [0.2, 0.25) is 0 Å². The lowest BCUT2D eigenvalue weighted by atomic mass is 10.1. The Balaban J connectivity index is 2.39. The third-order valence-electron chi connectivity index (χ3n) is 2.43. The maximum absolute atomic E-state index is 10.4. The van der Waals surface area contributed by atoms with E-state index in [-0.39, 0.29) is 0 Å². The summed E-state index contributed by atoms with van der Waals surface area (Å²) in [5.41, 5.74) is 0.778. The quantitative estimate of drug-likeness (QED) is 0.814. The van der Waals surface area contributed by atoms with E-state index in [4.69, 9.17) is 4.74 Å². The molecule has 1 atom stereocenters. The van der Waals surface area contributed by atoms with Crippen molar-refractivity contribution in [3.05, 3.63) is 49.0 Å². The van der Waals surface area contributed by atoms with Gasteiger partial charge in [0.15, 0.2) is 0 Å². The number of hydrogen-bond acceptors (Lipinski definition) is 3. The molecule has 0 aliphatic heterocycles. The van der Waals surface area contributed by atoms with Crippen LogP contribution in [0.4, 0.5) is 0 Å². The zero-order chi connectivity index (χ0) is 13.1. The van der Waals surface area contributed by atoms with Crippen LogP contribution < -0.4 is 4.74 Å². The Labute approximate surface area is 127 Å². The zero-order valence-electron chi connectivity index (χ0n) is 9.69. The van der Waals surface area contributed by atoms with Gasteiger partial charge in [-0.05, 0) is 53.2 Å². The van der Waals surface area contributed by atoms with Crippen LogP contribution in [-0.4, -0.2) is 11.7 Å². The molecule has 1 N–H and O–H groups in total. The van der Waals surface area contributed by atoms with Crippen LogP contribution >= 0.6 is 43.2 Å². The third-order valence-corrected chi connectivity index (χ3v) is 4.60. The van der Waals surface area contributed by atoms with Crippen LogP contribution in [0.15, 0.2) is 38.6 Å². The van der Waals surface area contributed by atoms with Crippen LogP contribution in [0.25, 0.3) is 0 Å². The van der Waals surface area contributed by atoms with Gasteiger partial charge in [0.2, 0.25) is 0 Å². The molecule has 0 aliphatic rings. The first kappa shape index (κ1) is 14.1. The fourth-order valence-corrected chi connectivity index (χ4v) is 3.46. The minimum atomic E-state index is -0.666. The Kier molecular flexibility index (Phi) is 4.84. The van der Waals surface area contributed by atoms with Crippen LogP contribution in [0, 0.1) is 0 Å². The highest BCUT2D eigenvalue weighted by Crippen LogP contribution is 2.36. The average Bonchev–Trinajstić information content (AvgIpc) is 2.77. The normalized spacial score (nSPS) is 12.4. The molecular weight excluding hydrogens is 380 g/mol. The van der Waals surface area contributed by atoms with E-state index in [2.05, 4.69) is 31.9 Å². The summed E-state index contributed by atoms with van der Waals surface area (Å²) in [4.78, 5) is 0.890. The van der Waals surface area contributed by atoms with E-state index < -0.39 is 6.10 Å². The lowest BCUT2D eigenvalue weighted by Crippen LogP contribution is -2.02. The largest absolute Gasteiger partial charge is 0.493 e. The van der Waals surface area contributed by atoms with E-state index >= 15 is 0 Å². The molecule has 0 fully saturated rings. The zero-order valence-corrected chi connectivity index (χ0v) is 13.7. The van der Waals surface area contributed by atoms with Crippen LogP contribution in [0.1, 0.15) is 23.5 Å². The number of rotatable bonds is 4.